The van der Waals surface area contributed by atoms with Crippen LogP contribution in [-0.2, 0) is 10.0 Å². The van der Waals surface area contributed by atoms with E-state index in [-0.39, 0.29) is 16.4 Å². The van der Waals surface area contributed by atoms with Crippen molar-refractivity contribution in [2.24, 2.45) is 0 Å². The van der Waals surface area contributed by atoms with Crippen LogP contribution in [0.1, 0.15) is 52.0 Å². The Morgan fingerprint density at radius 2 is 1.49 bits per heavy atom. The van der Waals surface area contributed by atoms with Gasteiger partial charge >= 0.3 is 0 Å². The zero-order chi connectivity index (χ0) is 24.8. The predicted molar refractivity (Wildman–Crippen MR) is 137 cm³/mol. The molecule has 1 aliphatic rings. The molecular formula is C27H29N3O4S. The zero-order valence-electron chi connectivity index (χ0n) is 19.7. The summed E-state index contributed by atoms with van der Waals surface area (Å²) < 4.78 is 28.6. The van der Waals surface area contributed by atoms with Crippen molar-refractivity contribution in [3.05, 3.63) is 89.5 Å². The van der Waals surface area contributed by atoms with Crippen LogP contribution < -0.4 is 10.0 Å². The highest BCUT2D eigenvalue weighted by atomic mass is 32.2. The Morgan fingerprint density at radius 3 is 2.20 bits per heavy atom. The average molecular weight is 492 g/mol. The van der Waals surface area contributed by atoms with Gasteiger partial charge in [-0.1, -0.05) is 49.2 Å². The molecule has 0 radical (unpaired) electrons. The van der Waals surface area contributed by atoms with Gasteiger partial charge in [-0.05, 0) is 61.7 Å². The summed E-state index contributed by atoms with van der Waals surface area (Å²) in [5.41, 5.74) is 1.96. The molecule has 3 aromatic carbocycles. The van der Waals surface area contributed by atoms with E-state index in [2.05, 4.69) is 10.0 Å². The summed E-state index contributed by atoms with van der Waals surface area (Å²) in [6.07, 6.45) is 4.16. The van der Waals surface area contributed by atoms with Gasteiger partial charge in [-0.25, -0.2) is 8.42 Å². The molecule has 1 saturated heterocycles. The first-order valence-corrected chi connectivity index (χ1v) is 13.2. The molecule has 0 bridgehead atoms. The lowest BCUT2D eigenvalue weighted by molar-refractivity contribution is 0.0762. The molecule has 1 fully saturated rings. The lowest BCUT2D eigenvalue weighted by Crippen LogP contribution is -2.32. The van der Waals surface area contributed by atoms with Gasteiger partial charge < -0.3 is 10.2 Å². The molecule has 1 aliphatic heterocycles. The maximum absolute atomic E-state index is 13.2. The number of sulfonamides is 1. The highest BCUT2D eigenvalue weighted by Gasteiger charge is 2.22. The van der Waals surface area contributed by atoms with Gasteiger partial charge in [0.15, 0.2) is 0 Å². The largest absolute Gasteiger partial charge is 0.339 e. The van der Waals surface area contributed by atoms with E-state index in [1.807, 2.05) is 4.90 Å². The van der Waals surface area contributed by atoms with Gasteiger partial charge in [0.2, 0.25) is 0 Å². The molecule has 2 N–H and O–H groups in total. The standard InChI is InChI=1S/C27H29N3O4S/c1-20-15-16-21(19-25(20)35(33,34)29-22-11-5-4-6-12-22)26(31)28-24-14-8-7-13-23(24)27(32)30-17-9-2-3-10-18-30/h4-8,11-16,19,29H,2-3,9-10,17-18H2,1H3,(H,28,31). The van der Waals surface area contributed by atoms with Crippen LogP contribution in [0.5, 0.6) is 0 Å². The van der Waals surface area contributed by atoms with Crippen molar-refractivity contribution in [2.45, 2.75) is 37.5 Å². The van der Waals surface area contributed by atoms with E-state index in [1.54, 1.807) is 73.7 Å². The van der Waals surface area contributed by atoms with E-state index in [9.17, 15) is 18.0 Å². The van der Waals surface area contributed by atoms with Crippen molar-refractivity contribution in [2.75, 3.05) is 23.1 Å². The molecule has 8 heteroatoms. The Kier molecular flexibility index (Phi) is 7.51. The third kappa shape index (κ3) is 5.89. The van der Waals surface area contributed by atoms with Crippen molar-refractivity contribution < 1.29 is 18.0 Å². The number of anilines is 2. The lowest BCUT2D eigenvalue weighted by atomic mass is 10.1. The number of para-hydroxylation sites is 2. The van der Waals surface area contributed by atoms with Crippen LogP contribution in [0.3, 0.4) is 0 Å². The van der Waals surface area contributed by atoms with Crippen LogP contribution in [0, 0.1) is 6.92 Å². The van der Waals surface area contributed by atoms with E-state index in [1.165, 1.54) is 6.07 Å². The van der Waals surface area contributed by atoms with Crippen molar-refractivity contribution >= 4 is 33.2 Å². The Hall–Kier alpha value is -3.65. The molecule has 0 unspecified atom stereocenters. The Morgan fingerprint density at radius 1 is 0.829 bits per heavy atom. The summed E-state index contributed by atoms with van der Waals surface area (Å²) in [4.78, 5) is 28.2. The van der Waals surface area contributed by atoms with Crippen LogP contribution in [-0.4, -0.2) is 38.2 Å². The number of hydrogen-bond donors (Lipinski definition) is 2. The average Bonchev–Trinajstić information content (AvgIpc) is 3.14. The summed E-state index contributed by atoms with van der Waals surface area (Å²) in [6.45, 7) is 3.08. The minimum absolute atomic E-state index is 0.0166. The van der Waals surface area contributed by atoms with Crippen LogP contribution in [0.4, 0.5) is 11.4 Å². The first-order chi connectivity index (χ1) is 16.8. The number of nitrogens with zero attached hydrogens (tertiary/aromatic N) is 1. The summed E-state index contributed by atoms with van der Waals surface area (Å²) in [6, 6.07) is 20.0. The second-order valence-electron chi connectivity index (χ2n) is 8.66. The van der Waals surface area contributed by atoms with Gasteiger partial charge in [-0.2, -0.15) is 0 Å². The minimum Gasteiger partial charge on any atom is -0.339 e. The van der Waals surface area contributed by atoms with Crippen LogP contribution >= 0.6 is 0 Å². The van der Waals surface area contributed by atoms with Crippen molar-refractivity contribution in [1.82, 2.24) is 4.90 Å². The summed E-state index contributed by atoms with van der Waals surface area (Å²) in [5, 5.41) is 2.81. The quantitative estimate of drug-likeness (QED) is 0.504. The number of hydrogen-bond acceptors (Lipinski definition) is 4. The summed E-state index contributed by atoms with van der Waals surface area (Å²) in [7, 11) is -3.90. The lowest BCUT2D eigenvalue weighted by Gasteiger charge is -2.22. The molecule has 0 saturated carbocycles. The molecule has 0 atom stereocenters. The number of aryl methyl sites for hydroxylation is 1. The maximum atomic E-state index is 13.2. The van der Waals surface area contributed by atoms with Gasteiger partial charge in [-0.3, -0.25) is 14.3 Å². The van der Waals surface area contributed by atoms with Gasteiger partial charge in [0.1, 0.15) is 0 Å². The third-order valence-electron chi connectivity index (χ3n) is 6.06. The van der Waals surface area contributed by atoms with Gasteiger partial charge in [0.05, 0.1) is 16.1 Å². The number of likely N-dealkylation sites (tertiary alicyclic amines) is 1. The molecule has 0 spiro atoms. The Bertz CT molecular complexity index is 1320. The highest BCUT2D eigenvalue weighted by Crippen LogP contribution is 2.24. The third-order valence-corrected chi connectivity index (χ3v) is 7.59. The second-order valence-corrected chi connectivity index (χ2v) is 10.3. The topological polar surface area (TPSA) is 95.6 Å². The van der Waals surface area contributed by atoms with E-state index in [4.69, 9.17) is 0 Å². The molecule has 0 aromatic heterocycles. The smallest absolute Gasteiger partial charge is 0.262 e. The zero-order valence-corrected chi connectivity index (χ0v) is 20.5. The highest BCUT2D eigenvalue weighted by molar-refractivity contribution is 7.92. The molecule has 182 valence electrons. The SMILES string of the molecule is Cc1ccc(C(=O)Nc2ccccc2C(=O)N2CCCCCC2)cc1S(=O)(=O)Nc1ccccc1. The molecule has 3 aromatic rings. The number of carbonyl (C=O) groups is 2. The summed E-state index contributed by atoms with van der Waals surface area (Å²) >= 11 is 0. The molecule has 4 rings (SSSR count). The molecule has 0 aliphatic carbocycles. The van der Waals surface area contributed by atoms with E-state index < -0.39 is 15.9 Å². The molecule has 1 heterocycles. The second kappa shape index (κ2) is 10.7. The van der Waals surface area contributed by atoms with Gasteiger partial charge in [0.25, 0.3) is 21.8 Å². The fraction of sp³-hybridized carbons (Fsp3) is 0.259. The normalized spacial score (nSPS) is 14.1. The maximum Gasteiger partial charge on any atom is 0.262 e. The molecule has 7 nitrogen and oxygen atoms in total. The number of rotatable bonds is 6. The fourth-order valence-corrected chi connectivity index (χ4v) is 5.49. The van der Waals surface area contributed by atoms with Gasteiger partial charge in [-0.15, -0.1) is 0 Å². The minimum atomic E-state index is -3.90. The number of nitrogens with one attached hydrogen (secondary N) is 2. The number of benzene rings is 3. The van der Waals surface area contributed by atoms with Crippen molar-refractivity contribution in [3.63, 3.8) is 0 Å². The van der Waals surface area contributed by atoms with Crippen molar-refractivity contribution in [1.29, 1.82) is 0 Å². The first-order valence-electron chi connectivity index (χ1n) is 11.7. The molecule has 2 amide bonds. The Balaban J connectivity index is 1.57. The monoisotopic (exact) mass is 491 g/mol. The van der Waals surface area contributed by atoms with E-state index in [0.717, 1.165) is 25.7 Å². The molecule has 35 heavy (non-hydrogen) atoms. The predicted octanol–water partition coefficient (Wildman–Crippen LogP) is 5.06. The van der Waals surface area contributed by atoms with Crippen LogP contribution in [0.25, 0.3) is 0 Å². The van der Waals surface area contributed by atoms with Gasteiger partial charge in [0, 0.05) is 24.3 Å². The van der Waals surface area contributed by atoms with Crippen molar-refractivity contribution in [3.8, 4) is 0 Å². The van der Waals surface area contributed by atoms with Crippen LogP contribution in [0.15, 0.2) is 77.7 Å². The molecular weight excluding hydrogens is 462 g/mol. The first kappa shape index (κ1) is 24.5. The summed E-state index contributed by atoms with van der Waals surface area (Å²) in [5.74, 6) is -0.598. The van der Waals surface area contributed by atoms with E-state index in [0.29, 0.717) is 35.6 Å². The fourth-order valence-electron chi connectivity index (χ4n) is 4.16. The van der Waals surface area contributed by atoms with Crippen LogP contribution in [0.2, 0.25) is 0 Å². The Labute approximate surface area is 206 Å². The number of amides is 2. The number of carbonyl (C=O) groups excluding carboxylic acids is 2. The van der Waals surface area contributed by atoms with E-state index >= 15 is 0 Å².